The van der Waals surface area contributed by atoms with Crippen LogP contribution in [0.2, 0.25) is 0 Å². The molecule has 6 nitrogen and oxygen atoms in total. The lowest BCUT2D eigenvalue weighted by molar-refractivity contribution is -0.133. The van der Waals surface area contributed by atoms with Crippen molar-refractivity contribution in [2.75, 3.05) is 26.7 Å². The van der Waals surface area contributed by atoms with E-state index in [9.17, 15) is 4.79 Å². The second kappa shape index (κ2) is 8.86. The number of aromatic nitrogens is 3. The molecule has 3 heterocycles. The maximum Gasteiger partial charge on any atom is 0.236 e. The molecule has 1 saturated carbocycles. The third-order valence-corrected chi connectivity index (χ3v) is 6.25. The van der Waals surface area contributed by atoms with Gasteiger partial charge in [-0.3, -0.25) is 14.7 Å². The van der Waals surface area contributed by atoms with Crippen LogP contribution < -0.4 is 0 Å². The number of rotatable bonds is 7. The van der Waals surface area contributed by atoms with Crippen LogP contribution in [0.25, 0.3) is 0 Å². The number of carbonyl (C=O) groups is 1. The van der Waals surface area contributed by atoms with Crippen molar-refractivity contribution in [3.63, 3.8) is 0 Å². The molecule has 4 rings (SSSR count). The molecular weight excluding hydrogens is 350 g/mol. The lowest BCUT2D eigenvalue weighted by Crippen LogP contribution is -2.43. The first kappa shape index (κ1) is 19.1. The molecule has 0 bridgehead atoms. The minimum atomic E-state index is 0.229. The summed E-state index contributed by atoms with van der Waals surface area (Å²) in [5, 5.41) is 0. The molecule has 2 aliphatic rings. The number of pyridine rings is 1. The van der Waals surface area contributed by atoms with E-state index < -0.39 is 0 Å². The minimum absolute atomic E-state index is 0.229. The molecule has 2 aromatic heterocycles. The SMILES string of the molecule is CN(CC(=O)N1CCC(c2nccn2CC2CCC2)CC1)Cc1ccncc1. The van der Waals surface area contributed by atoms with E-state index >= 15 is 0 Å². The highest BCUT2D eigenvalue weighted by molar-refractivity contribution is 5.78. The number of likely N-dealkylation sites (N-methyl/N-ethyl adjacent to an activating group) is 1. The van der Waals surface area contributed by atoms with Gasteiger partial charge >= 0.3 is 0 Å². The van der Waals surface area contributed by atoms with E-state index in [0.29, 0.717) is 12.5 Å². The van der Waals surface area contributed by atoms with Gasteiger partial charge in [0.1, 0.15) is 5.82 Å². The van der Waals surface area contributed by atoms with Crippen molar-refractivity contribution in [1.82, 2.24) is 24.3 Å². The number of imidazole rings is 1. The largest absolute Gasteiger partial charge is 0.342 e. The van der Waals surface area contributed by atoms with E-state index in [1.807, 2.05) is 30.3 Å². The van der Waals surface area contributed by atoms with E-state index in [1.165, 1.54) is 30.7 Å². The fraction of sp³-hybridized carbons (Fsp3) is 0.591. The molecule has 6 heteroatoms. The molecule has 0 atom stereocenters. The van der Waals surface area contributed by atoms with Gasteiger partial charge in [-0.05, 0) is 56.3 Å². The zero-order chi connectivity index (χ0) is 19.3. The molecule has 1 amide bonds. The first-order valence-corrected chi connectivity index (χ1v) is 10.6. The van der Waals surface area contributed by atoms with Gasteiger partial charge in [0, 0.05) is 56.9 Å². The van der Waals surface area contributed by atoms with Crippen LogP contribution in [0.5, 0.6) is 0 Å². The lowest BCUT2D eigenvalue weighted by atomic mass is 9.85. The number of piperidine rings is 1. The van der Waals surface area contributed by atoms with Gasteiger partial charge in [0.2, 0.25) is 5.91 Å². The summed E-state index contributed by atoms with van der Waals surface area (Å²) >= 11 is 0. The minimum Gasteiger partial charge on any atom is -0.342 e. The number of amides is 1. The number of hydrogen-bond acceptors (Lipinski definition) is 4. The summed E-state index contributed by atoms with van der Waals surface area (Å²) in [6.45, 7) is 4.02. The number of likely N-dealkylation sites (tertiary alicyclic amines) is 1. The zero-order valence-electron chi connectivity index (χ0n) is 16.8. The molecule has 1 aliphatic carbocycles. The molecule has 150 valence electrons. The van der Waals surface area contributed by atoms with Gasteiger partial charge in [-0.15, -0.1) is 0 Å². The number of nitrogens with zero attached hydrogens (tertiary/aromatic N) is 5. The van der Waals surface area contributed by atoms with Crippen LogP contribution in [0.3, 0.4) is 0 Å². The first-order valence-electron chi connectivity index (χ1n) is 10.6. The Morgan fingerprint density at radius 1 is 1.14 bits per heavy atom. The molecule has 0 unspecified atom stereocenters. The number of carbonyl (C=O) groups excluding carboxylic acids is 1. The highest BCUT2D eigenvalue weighted by Crippen LogP contribution is 2.31. The molecule has 28 heavy (non-hydrogen) atoms. The van der Waals surface area contributed by atoms with Gasteiger partial charge in [-0.1, -0.05) is 6.42 Å². The van der Waals surface area contributed by atoms with Crippen molar-refractivity contribution < 1.29 is 4.79 Å². The van der Waals surface area contributed by atoms with E-state index in [-0.39, 0.29) is 5.91 Å². The van der Waals surface area contributed by atoms with Crippen molar-refractivity contribution in [2.45, 2.75) is 51.1 Å². The van der Waals surface area contributed by atoms with Crippen LogP contribution in [0.15, 0.2) is 36.9 Å². The van der Waals surface area contributed by atoms with Crippen molar-refractivity contribution in [3.8, 4) is 0 Å². The third-order valence-electron chi connectivity index (χ3n) is 6.25. The maximum absolute atomic E-state index is 12.7. The van der Waals surface area contributed by atoms with Crippen LogP contribution in [-0.4, -0.2) is 56.9 Å². The van der Waals surface area contributed by atoms with Gasteiger partial charge < -0.3 is 9.47 Å². The van der Waals surface area contributed by atoms with Crippen molar-refractivity contribution in [2.24, 2.45) is 5.92 Å². The maximum atomic E-state index is 12.7. The summed E-state index contributed by atoms with van der Waals surface area (Å²) < 4.78 is 2.37. The fourth-order valence-corrected chi connectivity index (χ4v) is 4.36. The quantitative estimate of drug-likeness (QED) is 0.740. The average molecular weight is 382 g/mol. The van der Waals surface area contributed by atoms with E-state index in [2.05, 4.69) is 25.6 Å². The predicted octanol–water partition coefficient (Wildman–Crippen LogP) is 2.92. The van der Waals surface area contributed by atoms with Crippen LogP contribution in [-0.2, 0) is 17.9 Å². The zero-order valence-corrected chi connectivity index (χ0v) is 16.8. The Labute approximate surface area is 167 Å². The Balaban J connectivity index is 1.26. The van der Waals surface area contributed by atoms with Gasteiger partial charge in [0.15, 0.2) is 0 Å². The summed E-state index contributed by atoms with van der Waals surface area (Å²) in [6.07, 6.45) is 13.8. The van der Waals surface area contributed by atoms with Crippen molar-refractivity contribution in [1.29, 1.82) is 0 Å². The summed E-state index contributed by atoms with van der Waals surface area (Å²) in [4.78, 5) is 25.5. The second-order valence-corrected chi connectivity index (χ2v) is 8.42. The Hall–Kier alpha value is -2.21. The van der Waals surface area contributed by atoms with Crippen LogP contribution in [0, 0.1) is 5.92 Å². The van der Waals surface area contributed by atoms with Gasteiger partial charge in [0.25, 0.3) is 0 Å². The van der Waals surface area contributed by atoms with Crippen LogP contribution >= 0.6 is 0 Å². The normalized spacial score (nSPS) is 18.4. The Bertz CT molecular complexity index is 762. The Kier molecular flexibility index (Phi) is 6.05. The predicted molar refractivity (Wildman–Crippen MR) is 109 cm³/mol. The highest BCUT2D eigenvalue weighted by Gasteiger charge is 2.28. The van der Waals surface area contributed by atoms with Gasteiger partial charge in [-0.25, -0.2) is 4.98 Å². The van der Waals surface area contributed by atoms with E-state index in [0.717, 1.165) is 44.9 Å². The summed E-state index contributed by atoms with van der Waals surface area (Å²) in [6, 6.07) is 4.00. The molecule has 0 aromatic carbocycles. The molecule has 0 radical (unpaired) electrons. The summed E-state index contributed by atoms with van der Waals surface area (Å²) in [5.74, 6) is 2.78. The third kappa shape index (κ3) is 4.61. The van der Waals surface area contributed by atoms with E-state index in [4.69, 9.17) is 0 Å². The van der Waals surface area contributed by atoms with Gasteiger partial charge in [-0.2, -0.15) is 0 Å². The molecule has 1 saturated heterocycles. The monoisotopic (exact) mass is 381 g/mol. The van der Waals surface area contributed by atoms with Gasteiger partial charge in [0.05, 0.1) is 6.54 Å². The summed E-state index contributed by atoms with van der Waals surface area (Å²) in [5.41, 5.74) is 1.18. The lowest BCUT2D eigenvalue weighted by Gasteiger charge is -2.34. The average Bonchev–Trinajstić information content (AvgIpc) is 3.14. The van der Waals surface area contributed by atoms with Crippen molar-refractivity contribution >= 4 is 5.91 Å². The topological polar surface area (TPSA) is 54.3 Å². The number of hydrogen-bond donors (Lipinski definition) is 0. The molecule has 1 aliphatic heterocycles. The Morgan fingerprint density at radius 2 is 1.89 bits per heavy atom. The van der Waals surface area contributed by atoms with E-state index in [1.54, 1.807) is 12.4 Å². The fourth-order valence-electron chi connectivity index (χ4n) is 4.36. The summed E-state index contributed by atoms with van der Waals surface area (Å²) in [7, 11) is 2.00. The van der Waals surface area contributed by atoms with Crippen molar-refractivity contribution in [3.05, 3.63) is 48.3 Å². The molecule has 2 fully saturated rings. The molecule has 0 N–H and O–H groups in total. The highest BCUT2D eigenvalue weighted by atomic mass is 16.2. The smallest absolute Gasteiger partial charge is 0.236 e. The van der Waals surface area contributed by atoms with Crippen LogP contribution in [0.4, 0.5) is 0 Å². The first-order chi connectivity index (χ1) is 13.7. The molecular formula is C22H31N5O. The standard InChI is InChI=1S/C22H31N5O/c1-25(15-19-5-9-23-10-6-19)17-21(28)26-12-7-20(8-13-26)22-24-11-14-27(22)16-18-3-2-4-18/h5-6,9-11,14,18,20H,2-4,7-8,12-13,15-17H2,1H3. The Morgan fingerprint density at radius 3 is 2.57 bits per heavy atom. The molecule has 0 spiro atoms. The molecule has 2 aromatic rings. The van der Waals surface area contributed by atoms with Crippen LogP contribution in [0.1, 0.15) is 49.4 Å². The second-order valence-electron chi connectivity index (χ2n) is 8.42.